The van der Waals surface area contributed by atoms with Crippen molar-refractivity contribution in [1.29, 1.82) is 0 Å². The summed E-state index contributed by atoms with van der Waals surface area (Å²) >= 11 is 0. The third kappa shape index (κ3) is 3.30. The van der Waals surface area contributed by atoms with E-state index in [-0.39, 0.29) is 5.69 Å². The summed E-state index contributed by atoms with van der Waals surface area (Å²) in [6.45, 7) is 4.63. The van der Waals surface area contributed by atoms with E-state index in [0.29, 0.717) is 12.4 Å². The molecule has 2 heterocycles. The molecule has 0 spiro atoms. The van der Waals surface area contributed by atoms with Crippen molar-refractivity contribution in [2.24, 2.45) is 5.10 Å². The summed E-state index contributed by atoms with van der Waals surface area (Å²) < 4.78 is 1.84. The average Bonchev–Trinajstić information content (AvgIpc) is 3.33. The molecule has 1 aliphatic rings. The molecule has 3 aromatic rings. The van der Waals surface area contributed by atoms with Crippen LogP contribution in [0.5, 0.6) is 0 Å². The molecule has 142 valence electrons. The second-order valence-corrected chi connectivity index (χ2v) is 6.56. The smallest absolute Gasteiger partial charge is 0.266 e. The number of rotatable bonds is 5. The molecule has 0 aliphatic carbocycles. The Balaban J connectivity index is 1.55. The summed E-state index contributed by atoms with van der Waals surface area (Å²) in [5, 5.41) is 21.4. The molecular formula is C19H19N7O2. The number of aryl methyl sites for hydroxylation is 1. The normalized spacial score (nSPS) is 13.4. The molecule has 28 heavy (non-hydrogen) atoms. The highest BCUT2D eigenvalue weighted by molar-refractivity contribution is 5.98. The standard InChI is InChI=1S/C19H19N7O2/c1-13-4-3-5-18(14(13)2)24-12-16(10-20-24)19-21-22-23-25(19)11-15-6-8-17(9-7-15)26(27)28/h3-10,12,22-23H,11H2,1-2H3. The number of non-ortho nitro benzene ring substituents is 1. The predicted octanol–water partition coefficient (Wildman–Crippen LogP) is 2.58. The van der Waals surface area contributed by atoms with Crippen molar-refractivity contribution in [3.8, 4) is 5.69 Å². The molecule has 2 aromatic carbocycles. The lowest BCUT2D eigenvalue weighted by Gasteiger charge is -2.18. The van der Waals surface area contributed by atoms with E-state index in [0.717, 1.165) is 16.8 Å². The van der Waals surface area contributed by atoms with Gasteiger partial charge in [-0.05, 0) is 36.6 Å². The van der Waals surface area contributed by atoms with Crippen molar-refractivity contribution >= 4 is 11.5 Å². The number of nitrogens with zero attached hydrogens (tertiary/aromatic N) is 5. The Hall–Kier alpha value is -3.72. The fraction of sp³-hybridized carbons (Fsp3) is 0.158. The summed E-state index contributed by atoms with van der Waals surface area (Å²) in [6, 6.07) is 12.6. The fourth-order valence-corrected chi connectivity index (χ4v) is 3.05. The van der Waals surface area contributed by atoms with Crippen LogP contribution in [-0.4, -0.2) is 25.5 Å². The first-order valence-electron chi connectivity index (χ1n) is 8.74. The number of nitro benzene ring substituents is 1. The Morgan fingerprint density at radius 2 is 1.93 bits per heavy atom. The number of aromatic nitrogens is 2. The maximum absolute atomic E-state index is 10.8. The van der Waals surface area contributed by atoms with Crippen molar-refractivity contribution in [3.05, 3.63) is 87.2 Å². The van der Waals surface area contributed by atoms with Crippen LogP contribution < -0.4 is 11.1 Å². The average molecular weight is 377 g/mol. The van der Waals surface area contributed by atoms with Gasteiger partial charge in [0.05, 0.1) is 28.9 Å². The zero-order valence-electron chi connectivity index (χ0n) is 15.5. The zero-order valence-corrected chi connectivity index (χ0v) is 15.5. The molecule has 9 nitrogen and oxygen atoms in total. The second kappa shape index (κ2) is 7.12. The minimum Gasteiger partial charge on any atom is -0.266 e. The molecule has 0 atom stereocenters. The first-order chi connectivity index (χ1) is 13.5. The van der Waals surface area contributed by atoms with Crippen LogP contribution in [0, 0.1) is 24.0 Å². The second-order valence-electron chi connectivity index (χ2n) is 6.56. The highest BCUT2D eigenvalue weighted by Gasteiger charge is 2.21. The van der Waals surface area contributed by atoms with Crippen LogP contribution in [0.4, 0.5) is 5.69 Å². The quantitative estimate of drug-likeness (QED) is 0.524. The highest BCUT2D eigenvalue weighted by Crippen LogP contribution is 2.19. The van der Waals surface area contributed by atoms with Gasteiger partial charge < -0.3 is 0 Å². The zero-order chi connectivity index (χ0) is 19.7. The summed E-state index contributed by atoms with van der Waals surface area (Å²) in [4.78, 5) is 10.4. The van der Waals surface area contributed by atoms with Gasteiger partial charge >= 0.3 is 0 Å². The number of hydrogen-bond donors (Lipinski definition) is 2. The van der Waals surface area contributed by atoms with Crippen LogP contribution in [0.15, 0.2) is 60.0 Å². The molecule has 0 saturated carbocycles. The summed E-state index contributed by atoms with van der Waals surface area (Å²) in [6.07, 6.45) is 3.69. The first-order valence-corrected chi connectivity index (χ1v) is 8.74. The number of hydrazone groups is 1. The lowest BCUT2D eigenvalue weighted by Crippen LogP contribution is -2.40. The Morgan fingerprint density at radius 3 is 2.68 bits per heavy atom. The van der Waals surface area contributed by atoms with Crippen molar-refractivity contribution in [1.82, 2.24) is 25.9 Å². The largest absolute Gasteiger partial charge is 0.269 e. The van der Waals surface area contributed by atoms with Gasteiger partial charge in [-0.15, -0.1) is 10.6 Å². The summed E-state index contributed by atoms with van der Waals surface area (Å²) in [5.41, 5.74) is 11.0. The molecule has 1 aliphatic heterocycles. The van der Waals surface area contributed by atoms with E-state index < -0.39 is 4.92 Å². The molecule has 0 bridgehead atoms. The van der Waals surface area contributed by atoms with Crippen molar-refractivity contribution < 1.29 is 4.92 Å². The third-order valence-electron chi connectivity index (χ3n) is 4.75. The molecule has 0 unspecified atom stereocenters. The van der Waals surface area contributed by atoms with Gasteiger partial charge in [0.1, 0.15) is 0 Å². The third-order valence-corrected chi connectivity index (χ3v) is 4.75. The summed E-state index contributed by atoms with van der Waals surface area (Å²) in [7, 11) is 0. The minimum absolute atomic E-state index is 0.0694. The van der Waals surface area contributed by atoms with E-state index in [1.165, 1.54) is 23.3 Å². The lowest BCUT2D eigenvalue weighted by atomic mass is 10.1. The van der Waals surface area contributed by atoms with Gasteiger partial charge in [-0.3, -0.25) is 15.1 Å². The number of hydrogen-bond acceptors (Lipinski definition) is 7. The number of amidine groups is 1. The molecule has 9 heteroatoms. The van der Waals surface area contributed by atoms with Crippen molar-refractivity contribution in [2.75, 3.05) is 0 Å². The molecule has 0 saturated heterocycles. The van der Waals surface area contributed by atoms with Crippen LogP contribution >= 0.6 is 0 Å². The monoisotopic (exact) mass is 377 g/mol. The molecule has 4 rings (SSSR count). The molecule has 2 N–H and O–H groups in total. The van der Waals surface area contributed by atoms with Crippen LogP contribution in [0.25, 0.3) is 5.69 Å². The van der Waals surface area contributed by atoms with E-state index in [1.807, 2.05) is 28.0 Å². The number of hydrazine groups is 2. The Morgan fingerprint density at radius 1 is 1.14 bits per heavy atom. The van der Waals surface area contributed by atoms with Gasteiger partial charge in [-0.1, -0.05) is 24.3 Å². The number of nitro groups is 1. The SMILES string of the molecule is Cc1cccc(-n2cc(C3=NNNN3Cc3ccc([N+](=O)[O-])cc3)cn2)c1C. The molecule has 0 fully saturated rings. The van der Waals surface area contributed by atoms with Crippen LogP contribution in [0.1, 0.15) is 22.3 Å². The van der Waals surface area contributed by atoms with Crippen LogP contribution in [-0.2, 0) is 6.54 Å². The van der Waals surface area contributed by atoms with Crippen LogP contribution in [0.3, 0.4) is 0 Å². The first kappa shape index (κ1) is 17.7. The van der Waals surface area contributed by atoms with E-state index in [1.54, 1.807) is 18.3 Å². The highest BCUT2D eigenvalue weighted by atomic mass is 16.6. The van der Waals surface area contributed by atoms with Gasteiger partial charge in [-0.25, -0.2) is 10.2 Å². The Kier molecular flexibility index (Phi) is 4.50. The molecule has 0 radical (unpaired) electrons. The van der Waals surface area contributed by atoms with E-state index in [9.17, 15) is 10.1 Å². The molecule has 1 aromatic heterocycles. The molecule has 0 amide bonds. The molecular weight excluding hydrogens is 358 g/mol. The van der Waals surface area contributed by atoms with Gasteiger partial charge in [0.15, 0.2) is 5.84 Å². The maximum Gasteiger partial charge on any atom is 0.269 e. The number of benzene rings is 2. The van der Waals surface area contributed by atoms with Gasteiger partial charge in [0, 0.05) is 18.3 Å². The summed E-state index contributed by atoms with van der Waals surface area (Å²) in [5.74, 6) is 0.690. The van der Waals surface area contributed by atoms with Gasteiger partial charge in [-0.2, -0.15) is 5.10 Å². The Bertz CT molecular complexity index is 1060. The van der Waals surface area contributed by atoms with Crippen molar-refractivity contribution in [2.45, 2.75) is 20.4 Å². The van der Waals surface area contributed by atoms with Crippen molar-refractivity contribution in [3.63, 3.8) is 0 Å². The predicted molar refractivity (Wildman–Crippen MR) is 104 cm³/mol. The van der Waals surface area contributed by atoms with E-state index in [2.05, 4.69) is 41.2 Å². The van der Waals surface area contributed by atoms with E-state index in [4.69, 9.17) is 0 Å². The lowest BCUT2D eigenvalue weighted by molar-refractivity contribution is -0.384. The number of nitrogens with one attached hydrogen (secondary N) is 2. The van der Waals surface area contributed by atoms with E-state index >= 15 is 0 Å². The topological polar surface area (TPSA) is 101 Å². The van der Waals surface area contributed by atoms with Gasteiger partial charge in [0.2, 0.25) is 0 Å². The minimum atomic E-state index is -0.409. The Labute approximate surface area is 161 Å². The van der Waals surface area contributed by atoms with Crippen LogP contribution in [0.2, 0.25) is 0 Å². The van der Waals surface area contributed by atoms with Gasteiger partial charge in [0.25, 0.3) is 5.69 Å². The fourth-order valence-electron chi connectivity index (χ4n) is 3.05. The maximum atomic E-state index is 10.8.